The first-order valence-corrected chi connectivity index (χ1v) is 7.28. The van der Waals surface area contributed by atoms with Gasteiger partial charge in [0.2, 0.25) is 0 Å². The van der Waals surface area contributed by atoms with Crippen LogP contribution in [0.5, 0.6) is 0 Å². The Kier molecular flexibility index (Phi) is 3.31. The lowest BCUT2D eigenvalue weighted by molar-refractivity contribution is 0.0974. The van der Waals surface area contributed by atoms with E-state index < -0.39 is 0 Å². The van der Waals surface area contributed by atoms with Gasteiger partial charge in [-0.3, -0.25) is 4.90 Å². The summed E-state index contributed by atoms with van der Waals surface area (Å²) in [5, 5.41) is 6.54. The lowest BCUT2D eigenvalue weighted by Crippen LogP contribution is -2.52. The number of piperazine rings is 1. The third kappa shape index (κ3) is 2.46. The maximum Gasteiger partial charge on any atom is 0.182 e. The molecule has 1 N–H and O–H groups in total. The number of fused-ring (bicyclic) bond motifs is 1. The Hall–Kier alpha value is -0.650. The van der Waals surface area contributed by atoms with Crippen molar-refractivity contribution in [3.8, 4) is 0 Å². The molecule has 0 aliphatic carbocycles. The quantitative estimate of drug-likeness (QED) is 0.879. The van der Waals surface area contributed by atoms with Crippen molar-refractivity contribution in [3.63, 3.8) is 0 Å². The van der Waals surface area contributed by atoms with Crippen LogP contribution in [0.4, 0.5) is 5.13 Å². The minimum absolute atomic E-state index is 0.706. The zero-order chi connectivity index (χ0) is 11.7. The third-order valence-electron chi connectivity index (χ3n) is 3.95. The van der Waals surface area contributed by atoms with Gasteiger partial charge < -0.3 is 10.2 Å². The molecule has 94 valence electrons. The van der Waals surface area contributed by atoms with Crippen molar-refractivity contribution in [2.24, 2.45) is 0 Å². The first-order chi connectivity index (χ1) is 8.33. The van der Waals surface area contributed by atoms with Crippen molar-refractivity contribution >= 4 is 16.5 Å². The fourth-order valence-electron chi connectivity index (χ4n) is 3.05. The number of anilines is 1. The minimum atomic E-state index is 0.706. The van der Waals surface area contributed by atoms with E-state index in [0.29, 0.717) is 6.04 Å². The Balaban J connectivity index is 1.55. The molecular weight excluding hydrogens is 232 g/mol. The van der Waals surface area contributed by atoms with E-state index in [1.54, 1.807) is 11.3 Å². The largest absolute Gasteiger partial charge is 0.360 e. The van der Waals surface area contributed by atoms with Crippen LogP contribution in [-0.4, -0.2) is 60.1 Å². The average Bonchev–Trinajstić information content (AvgIpc) is 2.94. The van der Waals surface area contributed by atoms with Crippen LogP contribution in [0.1, 0.15) is 12.8 Å². The number of hydrogen-bond acceptors (Lipinski definition) is 5. The van der Waals surface area contributed by atoms with Gasteiger partial charge in [0, 0.05) is 49.8 Å². The summed E-state index contributed by atoms with van der Waals surface area (Å²) in [5.74, 6) is 0. The first kappa shape index (κ1) is 11.4. The van der Waals surface area contributed by atoms with Gasteiger partial charge in [0.15, 0.2) is 5.13 Å². The van der Waals surface area contributed by atoms with Gasteiger partial charge in [-0.15, -0.1) is 11.3 Å². The van der Waals surface area contributed by atoms with E-state index in [1.165, 1.54) is 32.5 Å². The van der Waals surface area contributed by atoms with Crippen LogP contribution in [0.3, 0.4) is 0 Å². The molecule has 3 rings (SSSR count). The normalized spacial score (nSPS) is 30.4. The molecule has 2 aliphatic rings. The van der Waals surface area contributed by atoms with Crippen molar-refractivity contribution in [1.82, 2.24) is 14.8 Å². The van der Waals surface area contributed by atoms with E-state index in [9.17, 15) is 0 Å². The molecule has 2 fully saturated rings. The third-order valence-corrected chi connectivity index (χ3v) is 4.69. The predicted octanol–water partition coefficient (Wildman–Crippen LogP) is 1.33. The average molecular weight is 252 g/mol. The highest BCUT2D eigenvalue weighted by molar-refractivity contribution is 7.13. The Labute approximate surface area is 107 Å². The Morgan fingerprint density at radius 3 is 3.24 bits per heavy atom. The monoisotopic (exact) mass is 252 g/mol. The summed E-state index contributed by atoms with van der Waals surface area (Å²) in [5.41, 5.74) is 0. The zero-order valence-corrected chi connectivity index (χ0v) is 11.1. The summed E-state index contributed by atoms with van der Waals surface area (Å²) >= 11 is 1.69. The van der Waals surface area contributed by atoms with Crippen LogP contribution in [0.2, 0.25) is 0 Å². The molecule has 3 heterocycles. The lowest BCUT2D eigenvalue weighted by atomic mass is 10.2. The Morgan fingerprint density at radius 1 is 1.47 bits per heavy atom. The molecule has 1 aromatic heterocycles. The molecule has 0 radical (unpaired) electrons. The Bertz CT molecular complexity index is 353. The van der Waals surface area contributed by atoms with Crippen LogP contribution in [0.15, 0.2) is 11.6 Å². The van der Waals surface area contributed by atoms with Crippen LogP contribution in [0, 0.1) is 0 Å². The molecule has 2 saturated heterocycles. The van der Waals surface area contributed by atoms with E-state index in [0.717, 1.165) is 17.7 Å². The second-order valence-electron chi connectivity index (χ2n) is 5.10. The van der Waals surface area contributed by atoms with E-state index in [1.807, 2.05) is 11.6 Å². The van der Waals surface area contributed by atoms with Gasteiger partial charge in [-0.05, 0) is 19.9 Å². The van der Waals surface area contributed by atoms with Crippen molar-refractivity contribution in [2.45, 2.75) is 24.9 Å². The van der Waals surface area contributed by atoms with Gasteiger partial charge in [-0.1, -0.05) is 0 Å². The highest BCUT2D eigenvalue weighted by atomic mass is 32.1. The summed E-state index contributed by atoms with van der Waals surface area (Å²) in [6.07, 6.45) is 4.55. The van der Waals surface area contributed by atoms with Crippen LogP contribution in [-0.2, 0) is 0 Å². The summed E-state index contributed by atoms with van der Waals surface area (Å²) < 4.78 is 0. The standard InChI is InChI=1S/C12H20N4S/c1-15-5-6-16-10(2-3-11(16)9-15)8-14-12-13-4-7-17-12/h4,7,10-11H,2-3,5-6,8-9H2,1H3,(H,13,14). The highest BCUT2D eigenvalue weighted by Crippen LogP contribution is 2.27. The smallest absolute Gasteiger partial charge is 0.182 e. The molecule has 0 spiro atoms. The maximum atomic E-state index is 4.27. The van der Waals surface area contributed by atoms with Crippen LogP contribution < -0.4 is 5.32 Å². The summed E-state index contributed by atoms with van der Waals surface area (Å²) in [6.45, 7) is 4.73. The van der Waals surface area contributed by atoms with Crippen molar-refractivity contribution in [2.75, 3.05) is 38.5 Å². The molecule has 0 aromatic carbocycles. The van der Waals surface area contributed by atoms with Gasteiger partial charge in [0.1, 0.15) is 0 Å². The summed E-state index contributed by atoms with van der Waals surface area (Å²) in [4.78, 5) is 9.43. The molecule has 5 heteroatoms. The molecule has 1 aromatic rings. The number of nitrogens with one attached hydrogen (secondary N) is 1. The molecule has 0 amide bonds. The van der Waals surface area contributed by atoms with E-state index >= 15 is 0 Å². The molecule has 2 atom stereocenters. The minimum Gasteiger partial charge on any atom is -0.360 e. The number of likely N-dealkylation sites (N-methyl/N-ethyl adjacent to an activating group) is 1. The highest BCUT2D eigenvalue weighted by Gasteiger charge is 2.36. The first-order valence-electron chi connectivity index (χ1n) is 6.40. The van der Waals surface area contributed by atoms with Gasteiger partial charge in [-0.2, -0.15) is 0 Å². The number of rotatable bonds is 3. The predicted molar refractivity (Wildman–Crippen MR) is 71.6 cm³/mol. The van der Waals surface area contributed by atoms with Crippen molar-refractivity contribution < 1.29 is 0 Å². The number of nitrogens with zero attached hydrogens (tertiary/aromatic N) is 3. The van der Waals surface area contributed by atoms with Gasteiger partial charge in [0.05, 0.1) is 0 Å². The molecule has 0 saturated carbocycles. The molecular formula is C12H20N4S. The van der Waals surface area contributed by atoms with Crippen molar-refractivity contribution in [3.05, 3.63) is 11.6 Å². The SMILES string of the molecule is CN1CCN2C(CNc3nccs3)CCC2C1. The van der Waals surface area contributed by atoms with Gasteiger partial charge >= 0.3 is 0 Å². The second-order valence-corrected chi connectivity index (χ2v) is 6.00. The molecule has 17 heavy (non-hydrogen) atoms. The number of aromatic nitrogens is 1. The van der Waals surface area contributed by atoms with Gasteiger partial charge in [-0.25, -0.2) is 4.98 Å². The van der Waals surface area contributed by atoms with Crippen molar-refractivity contribution in [1.29, 1.82) is 0 Å². The number of thiazole rings is 1. The fraction of sp³-hybridized carbons (Fsp3) is 0.750. The van der Waals surface area contributed by atoms with Crippen LogP contribution in [0.25, 0.3) is 0 Å². The zero-order valence-electron chi connectivity index (χ0n) is 10.3. The summed E-state index contributed by atoms with van der Waals surface area (Å²) in [6, 6.07) is 1.49. The molecule has 4 nitrogen and oxygen atoms in total. The van der Waals surface area contributed by atoms with Crippen LogP contribution >= 0.6 is 11.3 Å². The fourth-order valence-corrected chi connectivity index (χ4v) is 3.59. The molecule has 0 bridgehead atoms. The molecule has 2 aliphatic heterocycles. The van der Waals surface area contributed by atoms with E-state index in [4.69, 9.17) is 0 Å². The maximum absolute atomic E-state index is 4.27. The number of hydrogen-bond donors (Lipinski definition) is 1. The Morgan fingerprint density at radius 2 is 2.41 bits per heavy atom. The lowest BCUT2D eigenvalue weighted by Gasteiger charge is -2.38. The van der Waals surface area contributed by atoms with Gasteiger partial charge in [0.25, 0.3) is 0 Å². The summed E-state index contributed by atoms with van der Waals surface area (Å²) in [7, 11) is 2.23. The molecule has 2 unspecified atom stereocenters. The second kappa shape index (κ2) is 4.92. The van der Waals surface area contributed by atoms with E-state index in [2.05, 4.69) is 27.1 Å². The van der Waals surface area contributed by atoms with E-state index in [-0.39, 0.29) is 0 Å². The topological polar surface area (TPSA) is 31.4 Å².